The van der Waals surface area contributed by atoms with Crippen molar-refractivity contribution in [3.8, 4) is 0 Å². The van der Waals surface area contributed by atoms with Crippen LogP contribution in [0.2, 0.25) is 0 Å². The molecular weight excluding hydrogens is 318 g/mol. The fourth-order valence-electron chi connectivity index (χ4n) is 2.13. The molecule has 102 valence electrons. The molecule has 5 nitrogen and oxygen atoms in total. The van der Waals surface area contributed by atoms with Gasteiger partial charge in [0.2, 0.25) is 5.65 Å². The van der Waals surface area contributed by atoms with Gasteiger partial charge in [-0.25, -0.2) is 4.98 Å². The highest BCUT2D eigenvalue weighted by molar-refractivity contribution is 9.09. The summed E-state index contributed by atoms with van der Waals surface area (Å²) in [6.07, 6.45) is 5.32. The summed E-state index contributed by atoms with van der Waals surface area (Å²) in [6.45, 7) is 1.65. The van der Waals surface area contributed by atoms with Crippen LogP contribution < -0.4 is 4.90 Å². The van der Waals surface area contributed by atoms with Crippen molar-refractivity contribution in [2.45, 2.75) is 6.54 Å². The van der Waals surface area contributed by atoms with Gasteiger partial charge in [0.25, 0.3) is 0 Å². The lowest BCUT2D eigenvalue weighted by atomic mass is 10.2. The summed E-state index contributed by atoms with van der Waals surface area (Å²) in [4.78, 5) is 6.68. The highest BCUT2D eigenvalue weighted by Crippen LogP contribution is 2.18. The maximum absolute atomic E-state index is 4.48. The van der Waals surface area contributed by atoms with Gasteiger partial charge in [0.15, 0.2) is 5.82 Å². The minimum atomic E-state index is 0.782. The average Bonchev–Trinajstić information content (AvgIpc) is 2.96. The van der Waals surface area contributed by atoms with Crippen LogP contribution in [0, 0.1) is 0 Å². The fraction of sp³-hybridized carbons (Fsp3) is 0.214. The molecule has 0 bridgehead atoms. The molecule has 0 saturated carbocycles. The molecule has 3 aromatic rings. The Morgan fingerprint density at radius 2 is 2.05 bits per heavy atom. The van der Waals surface area contributed by atoms with Gasteiger partial charge in [-0.15, -0.1) is 10.2 Å². The Balaban J connectivity index is 1.96. The third-order valence-electron chi connectivity index (χ3n) is 3.07. The van der Waals surface area contributed by atoms with E-state index in [0.717, 1.165) is 29.9 Å². The maximum Gasteiger partial charge on any atom is 0.203 e. The van der Waals surface area contributed by atoms with Gasteiger partial charge in [0, 0.05) is 30.8 Å². The number of benzene rings is 1. The molecule has 0 N–H and O–H groups in total. The average molecular weight is 332 g/mol. The number of hydrogen-bond acceptors (Lipinski definition) is 4. The second-order valence-corrected chi connectivity index (χ2v) is 5.20. The van der Waals surface area contributed by atoms with Crippen LogP contribution in [0.25, 0.3) is 5.65 Å². The normalized spacial score (nSPS) is 10.8. The van der Waals surface area contributed by atoms with Crippen molar-refractivity contribution in [1.29, 1.82) is 0 Å². The Kier molecular flexibility index (Phi) is 3.92. The lowest BCUT2D eigenvalue weighted by Gasteiger charge is -2.22. The quantitative estimate of drug-likeness (QED) is 0.674. The molecule has 1 aromatic carbocycles. The second kappa shape index (κ2) is 6.00. The van der Waals surface area contributed by atoms with E-state index in [4.69, 9.17) is 0 Å². The summed E-state index contributed by atoms with van der Waals surface area (Å²) in [7, 11) is 0. The summed E-state index contributed by atoms with van der Waals surface area (Å²) in [5.41, 5.74) is 2.03. The van der Waals surface area contributed by atoms with E-state index < -0.39 is 0 Å². The van der Waals surface area contributed by atoms with Crippen molar-refractivity contribution in [2.24, 2.45) is 0 Å². The third-order valence-corrected chi connectivity index (χ3v) is 3.42. The molecule has 0 aliphatic heterocycles. The van der Waals surface area contributed by atoms with Crippen molar-refractivity contribution in [1.82, 2.24) is 19.6 Å². The number of rotatable bonds is 5. The summed E-state index contributed by atoms with van der Waals surface area (Å²) in [5.74, 6) is 0.855. The van der Waals surface area contributed by atoms with E-state index in [-0.39, 0.29) is 0 Å². The van der Waals surface area contributed by atoms with Crippen LogP contribution in [0.3, 0.4) is 0 Å². The zero-order valence-electron chi connectivity index (χ0n) is 10.9. The smallest absolute Gasteiger partial charge is 0.203 e. The summed E-state index contributed by atoms with van der Waals surface area (Å²) < 4.78 is 1.88. The van der Waals surface area contributed by atoms with Gasteiger partial charge in [0.05, 0.1) is 0 Å². The molecule has 0 aliphatic carbocycles. The largest absolute Gasteiger partial charge is 0.348 e. The Hall–Kier alpha value is -1.95. The summed E-state index contributed by atoms with van der Waals surface area (Å²) >= 11 is 3.50. The molecule has 0 fully saturated rings. The molecule has 0 spiro atoms. The van der Waals surface area contributed by atoms with E-state index in [1.165, 1.54) is 5.56 Å². The Labute approximate surface area is 125 Å². The Morgan fingerprint density at radius 3 is 2.85 bits per heavy atom. The SMILES string of the molecule is BrCCN(Cc1ccccc1)c1nccn2cnnc12. The van der Waals surface area contributed by atoms with E-state index in [2.05, 4.69) is 48.1 Å². The molecular formula is C14H14BrN5. The number of fused-ring (bicyclic) bond motifs is 1. The third kappa shape index (κ3) is 2.65. The van der Waals surface area contributed by atoms with Crippen LogP contribution in [0.1, 0.15) is 5.56 Å². The van der Waals surface area contributed by atoms with E-state index in [0.29, 0.717) is 0 Å². The van der Waals surface area contributed by atoms with Crippen LogP contribution in [-0.4, -0.2) is 31.5 Å². The molecule has 0 atom stereocenters. The number of halogens is 1. The highest BCUT2D eigenvalue weighted by Gasteiger charge is 2.13. The lowest BCUT2D eigenvalue weighted by molar-refractivity contribution is 0.818. The van der Waals surface area contributed by atoms with Crippen molar-refractivity contribution < 1.29 is 0 Å². The van der Waals surface area contributed by atoms with E-state index >= 15 is 0 Å². The van der Waals surface area contributed by atoms with Crippen molar-refractivity contribution in [3.05, 3.63) is 54.6 Å². The zero-order valence-corrected chi connectivity index (χ0v) is 12.4. The molecule has 0 radical (unpaired) electrons. The van der Waals surface area contributed by atoms with E-state index in [1.807, 2.05) is 28.8 Å². The number of hydrogen-bond donors (Lipinski definition) is 0. The van der Waals surface area contributed by atoms with Gasteiger partial charge in [-0.2, -0.15) is 0 Å². The molecule has 0 aliphatic rings. The number of anilines is 1. The molecule has 2 heterocycles. The fourth-order valence-corrected chi connectivity index (χ4v) is 2.56. The molecule has 20 heavy (non-hydrogen) atoms. The van der Waals surface area contributed by atoms with Crippen LogP contribution in [0.5, 0.6) is 0 Å². The maximum atomic E-state index is 4.48. The van der Waals surface area contributed by atoms with E-state index in [1.54, 1.807) is 12.5 Å². The van der Waals surface area contributed by atoms with Gasteiger partial charge in [-0.1, -0.05) is 46.3 Å². The molecule has 0 unspecified atom stereocenters. The second-order valence-electron chi connectivity index (χ2n) is 4.41. The summed E-state index contributed by atoms with van der Waals surface area (Å²) in [5, 5.41) is 8.97. The summed E-state index contributed by atoms with van der Waals surface area (Å²) in [6, 6.07) is 10.4. The minimum absolute atomic E-state index is 0.782. The van der Waals surface area contributed by atoms with Crippen LogP contribution in [0.15, 0.2) is 49.1 Å². The Bertz CT molecular complexity index is 682. The van der Waals surface area contributed by atoms with Gasteiger partial charge in [0.1, 0.15) is 6.33 Å². The van der Waals surface area contributed by atoms with Crippen LogP contribution in [-0.2, 0) is 6.54 Å². The van der Waals surface area contributed by atoms with Gasteiger partial charge in [-0.05, 0) is 5.56 Å². The standard InChI is InChI=1S/C14H14BrN5/c15-6-8-19(10-12-4-2-1-3-5-12)13-14-18-17-11-20(14)9-7-16-13/h1-5,7,9,11H,6,8,10H2. The van der Waals surface area contributed by atoms with Gasteiger partial charge in [-0.3, -0.25) is 4.40 Å². The monoisotopic (exact) mass is 331 g/mol. The van der Waals surface area contributed by atoms with Crippen molar-refractivity contribution in [3.63, 3.8) is 0 Å². The Morgan fingerprint density at radius 1 is 1.20 bits per heavy atom. The first-order valence-corrected chi connectivity index (χ1v) is 7.50. The molecule has 6 heteroatoms. The number of alkyl halides is 1. The molecule has 2 aromatic heterocycles. The molecule has 0 amide bonds. The van der Waals surface area contributed by atoms with Crippen LogP contribution >= 0.6 is 15.9 Å². The highest BCUT2D eigenvalue weighted by atomic mass is 79.9. The molecule has 0 saturated heterocycles. The van der Waals surface area contributed by atoms with Crippen LogP contribution in [0.4, 0.5) is 5.82 Å². The van der Waals surface area contributed by atoms with E-state index in [9.17, 15) is 0 Å². The zero-order chi connectivity index (χ0) is 13.8. The van der Waals surface area contributed by atoms with Gasteiger partial charge >= 0.3 is 0 Å². The lowest BCUT2D eigenvalue weighted by Crippen LogP contribution is -2.26. The minimum Gasteiger partial charge on any atom is -0.348 e. The number of nitrogens with zero attached hydrogens (tertiary/aromatic N) is 5. The number of aromatic nitrogens is 4. The molecule has 3 rings (SSSR count). The first kappa shape index (κ1) is 13.1. The van der Waals surface area contributed by atoms with Gasteiger partial charge < -0.3 is 4.90 Å². The van der Waals surface area contributed by atoms with Crippen molar-refractivity contribution in [2.75, 3.05) is 16.8 Å². The predicted octanol–water partition coefficient (Wildman–Crippen LogP) is 2.53. The predicted molar refractivity (Wildman–Crippen MR) is 82.1 cm³/mol. The first-order valence-electron chi connectivity index (χ1n) is 6.37. The van der Waals surface area contributed by atoms with Crippen molar-refractivity contribution >= 4 is 27.4 Å². The topological polar surface area (TPSA) is 46.3 Å². The first-order chi connectivity index (χ1) is 9.88.